The number of amides is 1. The molecule has 2 saturated heterocycles. The third-order valence-corrected chi connectivity index (χ3v) is 5.61. The van der Waals surface area contributed by atoms with Gasteiger partial charge in [-0.3, -0.25) is 4.79 Å². The van der Waals surface area contributed by atoms with Crippen LogP contribution in [0.4, 0.5) is 5.82 Å². The molecule has 1 amide bonds. The first-order valence-corrected chi connectivity index (χ1v) is 9.31. The smallest absolute Gasteiger partial charge is 0.335 e. The Hall–Kier alpha value is -2.23. The fraction of sp³-hybridized carbons (Fsp3) is 0.611. The van der Waals surface area contributed by atoms with Gasteiger partial charge < -0.3 is 31.7 Å². The Bertz CT molecular complexity index is 694. The molecule has 9 nitrogen and oxygen atoms in total. The van der Waals surface area contributed by atoms with Crippen LogP contribution in [-0.4, -0.2) is 64.4 Å². The van der Waals surface area contributed by atoms with Gasteiger partial charge in [0.2, 0.25) is 5.91 Å². The predicted octanol–water partition coefficient (Wildman–Crippen LogP) is -0.0797. The highest BCUT2D eigenvalue weighted by Crippen LogP contribution is 2.26. The number of likely N-dealkylation sites (tertiary alicyclic amines) is 1. The molecule has 27 heavy (non-hydrogen) atoms. The van der Waals surface area contributed by atoms with Gasteiger partial charge in [-0.05, 0) is 44.7 Å². The number of anilines is 1. The molecule has 6 N–H and O–H groups in total. The molecular weight excluding hydrogens is 348 g/mol. The molecule has 2 aliphatic rings. The Morgan fingerprint density at radius 1 is 1.30 bits per heavy atom. The molecule has 0 spiro atoms. The second-order valence-electron chi connectivity index (χ2n) is 7.62. The highest BCUT2D eigenvalue weighted by molar-refractivity contribution is 5.88. The van der Waals surface area contributed by atoms with Crippen molar-refractivity contribution in [3.05, 3.63) is 23.9 Å². The fourth-order valence-electron chi connectivity index (χ4n) is 3.75. The van der Waals surface area contributed by atoms with Gasteiger partial charge in [0, 0.05) is 24.8 Å². The molecule has 3 rings (SSSR count). The Labute approximate surface area is 158 Å². The molecular formula is C18H28N6O3. The molecule has 0 radical (unpaired) electrons. The van der Waals surface area contributed by atoms with Crippen LogP contribution >= 0.6 is 0 Å². The van der Waals surface area contributed by atoms with Gasteiger partial charge in [-0.15, -0.1) is 0 Å². The maximum absolute atomic E-state index is 12.5. The minimum absolute atomic E-state index is 0.0630. The summed E-state index contributed by atoms with van der Waals surface area (Å²) in [6.45, 7) is 3.78. The number of hydrogen-bond acceptors (Lipinski definition) is 7. The zero-order valence-corrected chi connectivity index (χ0v) is 15.6. The molecule has 9 heteroatoms. The summed E-state index contributed by atoms with van der Waals surface area (Å²) in [5.41, 5.74) is 12.0. The molecule has 3 heterocycles. The first kappa shape index (κ1) is 19.5. The Morgan fingerprint density at radius 2 is 1.93 bits per heavy atom. The third kappa shape index (κ3) is 4.37. The maximum Gasteiger partial charge on any atom is 0.335 e. The first-order chi connectivity index (χ1) is 12.8. The molecule has 0 aliphatic carbocycles. The Balaban J connectivity index is 1.54. The van der Waals surface area contributed by atoms with E-state index in [-0.39, 0.29) is 35.9 Å². The van der Waals surface area contributed by atoms with E-state index >= 15 is 0 Å². The highest BCUT2D eigenvalue weighted by Gasteiger charge is 2.35. The summed E-state index contributed by atoms with van der Waals surface area (Å²) in [6, 6.07) is 3.08. The van der Waals surface area contributed by atoms with Crippen molar-refractivity contribution in [3.63, 3.8) is 0 Å². The lowest BCUT2D eigenvalue weighted by atomic mass is 9.89. The van der Waals surface area contributed by atoms with Crippen molar-refractivity contribution in [1.29, 1.82) is 0 Å². The van der Waals surface area contributed by atoms with Crippen LogP contribution in [0.15, 0.2) is 18.3 Å². The summed E-state index contributed by atoms with van der Waals surface area (Å²) < 4.78 is 0. The van der Waals surface area contributed by atoms with Crippen LogP contribution in [0.2, 0.25) is 0 Å². The van der Waals surface area contributed by atoms with Gasteiger partial charge in [0.25, 0.3) is 0 Å². The third-order valence-electron chi connectivity index (χ3n) is 5.61. The van der Waals surface area contributed by atoms with Crippen LogP contribution in [0.25, 0.3) is 0 Å². The van der Waals surface area contributed by atoms with Crippen molar-refractivity contribution in [2.24, 2.45) is 11.5 Å². The average Bonchev–Trinajstić information content (AvgIpc) is 2.99. The minimum Gasteiger partial charge on any atom is -0.478 e. The first-order valence-electron chi connectivity index (χ1n) is 9.31. The zero-order valence-electron chi connectivity index (χ0n) is 15.6. The van der Waals surface area contributed by atoms with Crippen molar-refractivity contribution in [2.45, 2.75) is 50.5 Å². The van der Waals surface area contributed by atoms with Gasteiger partial charge >= 0.3 is 5.97 Å². The highest BCUT2D eigenvalue weighted by atomic mass is 16.4. The van der Waals surface area contributed by atoms with E-state index < -0.39 is 5.97 Å². The van der Waals surface area contributed by atoms with Crippen molar-refractivity contribution < 1.29 is 14.7 Å². The van der Waals surface area contributed by atoms with Crippen LogP contribution in [0.1, 0.15) is 43.0 Å². The number of pyridine rings is 1. The van der Waals surface area contributed by atoms with E-state index in [9.17, 15) is 9.59 Å². The molecule has 0 saturated carbocycles. The standard InChI is InChI=1S/C18H28N6O3/c1-18(22-11-16(25)24-13(19)2-3-14(24)20)5-8-23(9-6-18)15-10-12(17(26)27)4-7-21-15/h4,7,10,13-14,22H,2-3,5-6,8-9,11,19-20H2,1H3,(H,26,27)/t13-,14?/m1/s1. The molecule has 148 valence electrons. The van der Waals surface area contributed by atoms with Crippen molar-refractivity contribution >= 4 is 17.7 Å². The second kappa shape index (κ2) is 7.79. The average molecular weight is 376 g/mol. The van der Waals surface area contributed by atoms with Crippen LogP contribution in [0.5, 0.6) is 0 Å². The number of aromatic nitrogens is 1. The van der Waals surface area contributed by atoms with Crippen LogP contribution in [-0.2, 0) is 4.79 Å². The monoisotopic (exact) mass is 376 g/mol. The normalized spacial score (nSPS) is 24.9. The predicted molar refractivity (Wildman–Crippen MR) is 101 cm³/mol. The van der Waals surface area contributed by atoms with Gasteiger partial charge in [0.1, 0.15) is 5.82 Å². The molecule has 2 aliphatic heterocycles. The van der Waals surface area contributed by atoms with E-state index in [1.54, 1.807) is 11.0 Å². The topological polar surface area (TPSA) is 138 Å². The molecule has 0 bridgehead atoms. The molecule has 1 aromatic heterocycles. The summed E-state index contributed by atoms with van der Waals surface area (Å²) in [7, 11) is 0. The number of carbonyl (C=O) groups is 2. The SMILES string of the molecule is CC1(NCC(=O)N2C(N)CC[C@@H]2N)CCN(c2cc(C(=O)O)ccn2)CC1. The van der Waals surface area contributed by atoms with Crippen molar-refractivity contribution in [1.82, 2.24) is 15.2 Å². The lowest BCUT2D eigenvalue weighted by Gasteiger charge is -2.41. The van der Waals surface area contributed by atoms with Crippen LogP contribution in [0.3, 0.4) is 0 Å². The van der Waals surface area contributed by atoms with E-state index in [4.69, 9.17) is 16.6 Å². The van der Waals surface area contributed by atoms with Gasteiger partial charge in [0.15, 0.2) is 0 Å². The summed E-state index contributed by atoms with van der Waals surface area (Å²) in [4.78, 5) is 31.5. The zero-order chi connectivity index (χ0) is 19.6. The van der Waals surface area contributed by atoms with E-state index in [1.807, 2.05) is 0 Å². The quantitative estimate of drug-likeness (QED) is 0.560. The van der Waals surface area contributed by atoms with Crippen molar-refractivity contribution in [3.8, 4) is 0 Å². The lowest BCUT2D eigenvalue weighted by Crippen LogP contribution is -2.57. The summed E-state index contributed by atoms with van der Waals surface area (Å²) in [5, 5.41) is 12.5. The van der Waals surface area contributed by atoms with E-state index in [2.05, 4.69) is 22.1 Å². The van der Waals surface area contributed by atoms with Gasteiger partial charge in [-0.1, -0.05) is 0 Å². The lowest BCUT2D eigenvalue weighted by molar-refractivity contribution is -0.133. The summed E-state index contributed by atoms with van der Waals surface area (Å²) >= 11 is 0. The number of rotatable bonds is 5. The minimum atomic E-state index is -0.959. The van der Waals surface area contributed by atoms with E-state index in [0.717, 1.165) is 38.8 Å². The molecule has 2 fully saturated rings. The van der Waals surface area contributed by atoms with E-state index in [1.165, 1.54) is 12.3 Å². The molecule has 1 aromatic rings. The van der Waals surface area contributed by atoms with Crippen molar-refractivity contribution in [2.75, 3.05) is 24.5 Å². The molecule has 0 aromatic carbocycles. The number of aromatic carboxylic acids is 1. The number of carbonyl (C=O) groups excluding carboxylic acids is 1. The molecule has 2 atom stereocenters. The van der Waals surface area contributed by atoms with Crippen LogP contribution in [0, 0.1) is 0 Å². The maximum atomic E-state index is 12.5. The van der Waals surface area contributed by atoms with E-state index in [0.29, 0.717) is 5.82 Å². The van der Waals surface area contributed by atoms with Gasteiger partial charge in [-0.25, -0.2) is 9.78 Å². The molecule has 1 unspecified atom stereocenters. The second-order valence-corrected chi connectivity index (χ2v) is 7.62. The summed E-state index contributed by atoms with van der Waals surface area (Å²) in [5.74, 6) is -0.354. The number of hydrogen-bond donors (Lipinski definition) is 4. The number of nitrogens with zero attached hydrogens (tertiary/aromatic N) is 3. The van der Waals surface area contributed by atoms with Crippen LogP contribution < -0.4 is 21.7 Å². The number of carboxylic acid groups (broad SMARTS) is 1. The number of nitrogens with two attached hydrogens (primary N) is 2. The summed E-state index contributed by atoms with van der Waals surface area (Å²) in [6.07, 6.45) is 4.04. The largest absolute Gasteiger partial charge is 0.478 e. The van der Waals surface area contributed by atoms with Gasteiger partial charge in [0.05, 0.1) is 24.4 Å². The number of piperidine rings is 1. The number of carboxylic acids is 1. The number of nitrogens with one attached hydrogen (secondary N) is 1. The van der Waals surface area contributed by atoms with Gasteiger partial charge in [-0.2, -0.15) is 0 Å². The Kier molecular flexibility index (Phi) is 5.64. The Morgan fingerprint density at radius 3 is 2.52 bits per heavy atom. The fourth-order valence-corrected chi connectivity index (χ4v) is 3.75.